The quantitative estimate of drug-likeness (QED) is 0.681. The molecule has 90 valence electrons. The first-order valence-corrected chi connectivity index (χ1v) is 7.22. The fraction of sp³-hybridized carbons (Fsp3) is 0.250. The van der Waals surface area contributed by atoms with Crippen molar-refractivity contribution in [3.63, 3.8) is 0 Å². The molecule has 0 atom stereocenters. The van der Waals surface area contributed by atoms with Gasteiger partial charge >= 0.3 is 0 Å². The van der Waals surface area contributed by atoms with E-state index in [4.69, 9.17) is 0 Å². The van der Waals surface area contributed by atoms with Gasteiger partial charge < -0.3 is 0 Å². The third-order valence-electron chi connectivity index (χ3n) is 2.36. The van der Waals surface area contributed by atoms with E-state index in [1.807, 2.05) is 18.2 Å². The van der Waals surface area contributed by atoms with E-state index in [9.17, 15) is 0 Å². The molecule has 0 fully saturated rings. The van der Waals surface area contributed by atoms with E-state index >= 15 is 0 Å². The SMILES string of the molecule is CCCc1ccccc1.CSc1ccccc1. The highest BCUT2D eigenvalue weighted by Gasteiger charge is 1.84. The molecule has 0 saturated heterocycles. The van der Waals surface area contributed by atoms with Crippen molar-refractivity contribution in [3.8, 4) is 0 Å². The maximum atomic E-state index is 2.20. The topological polar surface area (TPSA) is 0 Å². The van der Waals surface area contributed by atoms with Crippen molar-refractivity contribution in [2.45, 2.75) is 24.7 Å². The van der Waals surface area contributed by atoms with Crippen LogP contribution < -0.4 is 0 Å². The molecule has 0 nitrogen and oxygen atoms in total. The first-order chi connectivity index (χ1) is 8.36. The van der Waals surface area contributed by atoms with Crippen molar-refractivity contribution >= 4 is 11.8 Å². The standard InChI is InChI=1S/C9H12.C7H8S/c1-2-6-9-7-4-3-5-8-9;1-8-7-5-3-2-4-6-7/h3-5,7-8H,2,6H2,1H3;2-6H,1H3. The zero-order valence-corrected chi connectivity index (χ0v) is 11.4. The Bertz CT molecular complexity index is 381. The van der Waals surface area contributed by atoms with Gasteiger partial charge in [-0.25, -0.2) is 0 Å². The van der Waals surface area contributed by atoms with E-state index in [0.717, 1.165) is 0 Å². The monoisotopic (exact) mass is 244 g/mol. The summed E-state index contributed by atoms with van der Waals surface area (Å²) in [7, 11) is 0. The molecule has 0 amide bonds. The number of thioether (sulfide) groups is 1. The van der Waals surface area contributed by atoms with Crippen molar-refractivity contribution in [2.24, 2.45) is 0 Å². The maximum Gasteiger partial charge on any atom is 0.00691 e. The second-order valence-corrected chi connectivity index (χ2v) is 4.63. The third kappa shape index (κ3) is 6.18. The Morgan fingerprint density at radius 1 is 0.824 bits per heavy atom. The summed E-state index contributed by atoms with van der Waals surface area (Å²) in [6.07, 6.45) is 4.53. The average molecular weight is 244 g/mol. The van der Waals surface area contributed by atoms with Crippen molar-refractivity contribution in [3.05, 3.63) is 66.2 Å². The van der Waals surface area contributed by atoms with E-state index in [0.29, 0.717) is 0 Å². The molecule has 2 rings (SSSR count). The van der Waals surface area contributed by atoms with Gasteiger partial charge in [0.15, 0.2) is 0 Å². The minimum Gasteiger partial charge on any atom is -0.130 e. The van der Waals surface area contributed by atoms with Crippen LogP contribution in [0.1, 0.15) is 18.9 Å². The average Bonchev–Trinajstić information content (AvgIpc) is 2.42. The van der Waals surface area contributed by atoms with Gasteiger partial charge in [0.05, 0.1) is 0 Å². The highest BCUT2D eigenvalue weighted by atomic mass is 32.2. The molecule has 0 spiro atoms. The summed E-state index contributed by atoms with van der Waals surface area (Å²) in [6, 6.07) is 20.9. The lowest BCUT2D eigenvalue weighted by Crippen LogP contribution is -1.78. The maximum absolute atomic E-state index is 2.20. The number of benzene rings is 2. The van der Waals surface area contributed by atoms with Crippen LogP contribution in [0, 0.1) is 0 Å². The van der Waals surface area contributed by atoms with Crippen LogP contribution >= 0.6 is 11.8 Å². The largest absolute Gasteiger partial charge is 0.130 e. The summed E-state index contributed by atoms with van der Waals surface area (Å²) in [5, 5.41) is 0. The van der Waals surface area contributed by atoms with Crippen molar-refractivity contribution < 1.29 is 0 Å². The lowest BCUT2D eigenvalue weighted by Gasteiger charge is -1.93. The number of hydrogen-bond donors (Lipinski definition) is 0. The summed E-state index contributed by atoms with van der Waals surface area (Å²) in [5.74, 6) is 0. The molecular weight excluding hydrogens is 224 g/mol. The highest BCUT2D eigenvalue weighted by Crippen LogP contribution is 2.11. The molecule has 2 aromatic rings. The molecule has 0 aliphatic rings. The summed E-state index contributed by atoms with van der Waals surface area (Å²) in [6.45, 7) is 2.20. The van der Waals surface area contributed by atoms with E-state index in [-0.39, 0.29) is 0 Å². The van der Waals surface area contributed by atoms with Gasteiger partial charge in [-0.05, 0) is 30.4 Å². The molecular formula is C16H20S. The third-order valence-corrected chi connectivity index (χ3v) is 3.10. The minimum absolute atomic E-state index is 1.21. The Morgan fingerprint density at radius 2 is 1.35 bits per heavy atom. The first-order valence-electron chi connectivity index (χ1n) is 5.99. The normalized spacial score (nSPS) is 9.29. The number of rotatable bonds is 3. The molecule has 0 radical (unpaired) electrons. The molecule has 0 aromatic heterocycles. The zero-order chi connectivity index (χ0) is 12.3. The fourth-order valence-electron chi connectivity index (χ4n) is 1.49. The van der Waals surface area contributed by atoms with Gasteiger partial charge in [-0.1, -0.05) is 61.9 Å². The van der Waals surface area contributed by atoms with E-state index in [2.05, 4.69) is 55.6 Å². The molecule has 0 saturated carbocycles. The molecule has 1 heteroatoms. The second kappa shape index (κ2) is 8.89. The predicted molar refractivity (Wildman–Crippen MR) is 78.7 cm³/mol. The lowest BCUT2D eigenvalue weighted by molar-refractivity contribution is 0.922. The van der Waals surface area contributed by atoms with Crippen LogP contribution in [0.2, 0.25) is 0 Å². The van der Waals surface area contributed by atoms with Crippen LogP contribution in [-0.2, 0) is 6.42 Å². The summed E-state index contributed by atoms with van der Waals surface area (Å²) in [5.41, 5.74) is 1.44. The van der Waals surface area contributed by atoms with Gasteiger partial charge in [0.2, 0.25) is 0 Å². The smallest absolute Gasteiger partial charge is 0.00691 e. The first kappa shape index (κ1) is 13.9. The molecule has 0 bridgehead atoms. The molecule has 0 aliphatic heterocycles. The van der Waals surface area contributed by atoms with Crippen LogP contribution in [0.4, 0.5) is 0 Å². The van der Waals surface area contributed by atoms with E-state index in [1.54, 1.807) is 11.8 Å². The Balaban J connectivity index is 0.000000171. The van der Waals surface area contributed by atoms with E-state index < -0.39 is 0 Å². The van der Waals surface area contributed by atoms with Crippen molar-refractivity contribution in [1.29, 1.82) is 0 Å². The molecule has 0 unspecified atom stereocenters. The van der Waals surface area contributed by atoms with Gasteiger partial charge in [0.25, 0.3) is 0 Å². The van der Waals surface area contributed by atoms with Gasteiger partial charge in [-0.3, -0.25) is 0 Å². The Morgan fingerprint density at radius 3 is 1.76 bits per heavy atom. The van der Waals surface area contributed by atoms with Crippen molar-refractivity contribution in [2.75, 3.05) is 6.26 Å². The van der Waals surface area contributed by atoms with Gasteiger partial charge in [0, 0.05) is 4.90 Å². The Hall–Kier alpha value is -1.21. The predicted octanol–water partition coefficient (Wildman–Crippen LogP) is 5.05. The van der Waals surface area contributed by atoms with Crippen LogP contribution in [-0.4, -0.2) is 6.26 Å². The summed E-state index contributed by atoms with van der Waals surface area (Å²) < 4.78 is 0. The molecule has 2 aromatic carbocycles. The van der Waals surface area contributed by atoms with Crippen LogP contribution in [0.15, 0.2) is 65.6 Å². The summed E-state index contributed by atoms with van der Waals surface area (Å²) in [4.78, 5) is 1.33. The number of aryl methyl sites for hydroxylation is 1. The molecule has 0 aliphatic carbocycles. The molecule has 0 N–H and O–H groups in total. The van der Waals surface area contributed by atoms with E-state index in [1.165, 1.54) is 23.3 Å². The van der Waals surface area contributed by atoms with Gasteiger partial charge in [0.1, 0.15) is 0 Å². The zero-order valence-electron chi connectivity index (χ0n) is 10.6. The second-order valence-electron chi connectivity index (χ2n) is 3.75. The Kier molecular flexibility index (Phi) is 7.24. The fourth-order valence-corrected chi connectivity index (χ4v) is 1.92. The highest BCUT2D eigenvalue weighted by molar-refractivity contribution is 7.98. The number of hydrogen-bond acceptors (Lipinski definition) is 1. The van der Waals surface area contributed by atoms with Crippen LogP contribution in [0.25, 0.3) is 0 Å². The van der Waals surface area contributed by atoms with Crippen molar-refractivity contribution in [1.82, 2.24) is 0 Å². The summed E-state index contributed by atoms with van der Waals surface area (Å²) >= 11 is 1.77. The van der Waals surface area contributed by atoms with Crippen LogP contribution in [0.5, 0.6) is 0 Å². The van der Waals surface area contributed by atoms with Gasteiger partial charge in [-0.2, -0.15) is 0 Å². The lowest BCUT2D eigenvalue weighted by atomic mass is 10.1. The molecule has 17 heavy (non-hydrogen) atoms. The Labute approximate surface area is 109 Å². The van der Waals surface area contributed by atoms with Crippen LogP contribution in [0.3, 0.4) is 0 Å². The minimum atomic E-state index is 1.21. The molecule has 0 heterocycles. The van der Waals surface area contributed by atoms with Gasteiger partial charge in [-0.15, -0.1) is 11.8 Å².